The first-order chi connectivity index (χ1) is 14.2. The van der Waals surface area contributed by atoms with Crippen LogP contribution in [0.1, 0.15) is 27.9 Å². The lowest BCUT2D eigenvalue weighted by atomic mass is 10.0. The maximum Gasteiger partial charge on any atom is 0.271 e. The summed E-state index contributed by atoms with van der Waals surface area (Å²) in [5.74, 6) is -0.319. The van der Waals surface area contributed by atoms with Gasteiger partial charge in [-0.15, -0.1) is 0 Å². The number of nitrogens with one attached hydrogen (secondary N) is 2. The molecule has 144 valence electrons. The van der Waals surface area contributed by atoms with Crippen molar-refractivity contribution in [1.82, 2.24) is 10.4 Å². The van der Waals surface area contributed by atoms with Crippen LogP contribution in [0.4, 0.5) is 0 Å². The summed E-state index contributed by atoms with van der Waals surface area (Å²) in [4.78, 5) is 15.7. The zero-order valence-corrected chi connectivity index (χ0v) is 15.8. The number of hydrogen-bond acceptors (Lipinski definition) is 3. The van der Waals surface area contributed by atoms with Gasteiger partial charge in [-0.05, 0) is 42.7 Å². The van der Waals surface area contributed by atoms with Gasteiger partial charge in [-0.3, -0.25) is 4.79 Å². The highest BCUT2D eigenvalue weighted by molar-refractivity contribution is 6.11. The normalized spacial score (nSPS) is 11.5. The van der Waals surface area contributed by atoms with Crippen molar-refractivity contribution in [2.75, 3.05) is 0 Å². The molecule has 4 aromatic rings. The lowest BCUT2D eigenvalue weighted by molar-refractivity contribution is 0.0954. The number of amides is 1. The van der Waals surface area contributed by atoms with E-state index in [1.807, 2.05) is 48.7 Å². The molecule has 0 atom stereocenters. The van der Waals surface area contributed by atoms with Crippen LogP contribution in [0.25, 0.3) is 10.9 Å². The molecule has 5 heteroatoms. The monoisotopic (exact) mass is 383 g/mol. The minimum atomic E-state index is -0.363. The number of carbonyl (C=O) groups excluding carboxylic acids is 1. The molecule has 0 saturated heterocycles. The van der Waals surface area contributed by atoms with E-state index in [2.05, 4.69) is 27.6 Å². The van der Waals surface area contributed by atoms with Gasteiger partial charge in [-0.1, -0.05) is 54.6 Å². The van der Waals surface area contributed by atoms with Crippen LogP contribution >= 0.6 is 0 Å². The number of hydrazone groups is 1. The Kier molecular flexibility index (Phi) is 5.38. The number of rotatable bonds is 6. The molecule has 0 unspecified atom stereocenters. The summed E-state index contributed by atoms with van der Waals surface area (Å²) in [6, 6.07) is 24.4. The Bertz CT molecular complexity index is 1160. The van der Waals surface area contributed by atoms with Gasteiger partial charge in [0.15, 0.2) is 0 Å². The zero-order valence-electron chi connectivity index (χ0n) is 15.8. The number of aromatic amines is 1. The van der Waals surface area contributed by atoms with Crippen LogP contribution in [0.3, 0.4) is 0 Å². The molecule has 1 aromatic heterocycles. The molecule has 0 fully saturated rings. The number of para-hydroxylation sites is 1. The first-order valence-corrected chi connectivity index (χ1v) is 9.47. The average Bonchev–Trinajstić information content (AvgIpc) is 3.18. The fraction of sp³-hybridized carbons (Fsp3) is 0.0833. The van der Waals surface area contributed by atoms with Gasteiger partial charge in [-0.2, -0.15) is 5.10 Å². The summed E-state index contributed by atoms with van der Waals surface area (Å²) >= 11 is 0. The number of benzene rings is 3. The average molecular weight is 383 g/mol. The van der Waals surface area contributed by atoms with Crippen molar-refractivity contribution in [2.24, 2.45) is 5.10 Å². The summed E-state index contributed by atoms with van der Waals surface area (Å²) in [6.45, 7) is 0. The van der Waals surface area contributed by atoms with Gasteiger partial charge >= 0.3 is 0 Å². The Balaban J connectivity index is 1.62. The molecule has 0 spiro atoms. The summed E-state index contributed by atoms with van der Waals surface area (Å²) in [7, 11) is 0. The molecule has 29 heavy (non-hydrogen) atoms. The van der Waals surface area contributed by atoms with Crippen molar-refractivity contribution >= 4 is 22.5 Å². The van der Waals surface area contributed by atoms with Gasteiger partial charge in [0.25, 0.3) is 5.91 Å². The van der Waals surface area contributed by atoms with Crippen molar-refractivity contribution in [3.8, 4) is 5.75 Å². The third-order valence-electron chi connectivity index (χ3n) is 4.79. The Labute approximate surface area is 168 Å². The number of phenols is 1. The van der Waals surface area contributed by atoms with E-state index in [4.69, 9.17) is 0 Å². The van der Waals surface area contributed by atoms with Crippen molar-refractivity contribution in [3.63, 3.8) is 0 Å². The number of fused-ring (bicyclic) bond motifs is 1. The minimum Gasteiger partial charge on any atom is -0.508 e. The van der Waals surface area contributed by atoms with E-state index in [0.717, 1.165) is 28.6 Å². The molecule has 0 saturated carbocycles. The van der Waals surface area contributed by atoms with Crippen LogP contribution in [-0.2, 0) is 6.42 Å². The van der Waals surface area contributed by atoms with E-state index < -0.39 is 0 Å². The van der Waals surface area contributed by atoms with Crippen molar-refractivity contribution in [3.05, 3.63) is 102 Å². The molecule has 1 heterocycles. The topological polar surface area (TPSA) is 77.5 Å². The van der Waals surface area contributed by atoms with Gasteiger partial charge in [0.05, 0.1) is 5.71 Å². The third kappa shape index (κ3) is 4.35. The molecule has 0 aliphatic heterocycles. The zero-order chi connectivity index (χ0) is 20.1. The quantitative estimate of drug-likeness (QED) is 0.335. The predicted molar refractivity (Wildman–Crippen MR) is 115 cm³/mol. The van der Waals surface area contributed by atoms with E-state index >= 15 is 0 Å². The van der Waals surface area contributed by atoms with Crippen molar-refractivity contribution in [1.29, 1.82) is 0 Å². The van der Waals surface area contributed by atoms with Gasteiger partial charge in [0.1, 0.15) is 5.75 Å². The van der Waals surface area contributed by atoms with E-state index in [1.165, 1.54) is 17.7 Å². The molecule has 1 amide bonds. The van der Waals surface area contributed by atoms with Crippen LogP contribution in [0.5, 0.6) is 5.75 Å². The number of aryl methyl sites for hydroxylation is 1. The minimum absolute atomic E-state index is 0.0440. The standard InChI is InChI=1S/C24H21N3O2/c28-19-10-6-9-18(15-19)24(29)27-26-23(14-13-17-7-2-1-3-8-17)21-16-25-22-12-5-4-11-20(21)22/h1-12,15-16,25,28H,13-14H2,(H,27,29). The molecule has 0 bridgehead atoms. The van der Waals surface area contributed by atoms with Crippen LogP contribution in [-0.4, -0.2) is 21.7 Å². The van der Waals surface area contributed by atoms with Crippen LogP contribution in [0, 0.1) is 0 Å². The highest BCUT2D eigenvalue weighted by Gasteiger charge is 2.12. The molecular formula is C24H21N3O2. The molecule has 4 rings (SSSR count). The number of phenolic OH excluding ortho intramolecular Hbond substituents is 1. The number of carbonyl (C=O) groups is 1. The molecule has 3 N–H and O–H groups in total. The molecular weight excluding hydrogens is 362 g/mol. The maximum atomic E-state index is 12.5. The first kappa shape index (κ1) is 18.5. The second-order valence-electron chi connectivity index (χ2n) is 6.78. The van der Waals surface area contributed by atoms with E-state index in [1.54, 1.807) is 12.1 Å². The Morgan fingerprint density at radius 3 is 2.59 bits per heavy atom. The van der Waals surface area contributed by atoms with E-state index in [9.17, 15) is 9.90 Å². The number of hydrogen-bond donors (Lipinski definition) is 3. The third-order valence-corrected chi connectivity index (χ3v) is 4.79. The first-order valence-electron chi connectivity index (χ1n) is 9.47. The van der Waals surface area contributed by atoms with Gasteiger partial charge in [-0.25, -0.2) is 5.43 Å². The van der Waals surface area contributed by atoms with Crippen molar-refractivity contribution in [2.45, 2.75) is 12.8 Å². The predicted octanol–water partition coefficient (Wildman–Crippen LogP) is 4.64. The summed E-state index contributed by atoms with van der Waals surface area (Å²) in [5, 5.41) is 15.1. The fourth-order valence-electron chi connectivity index (χ4n) is 3.30. The highest BCUT2D eigenvalue weighted by atomic mass is 16.3. The van der Waals surface area contributed by atoms with Gasteiger partial charge in [0, 0.05) is 28.2 Å². The van der Waals surface area contributed by atoms with Gasteiger partial charge in [0.2, 0.25) is 0 Å². The lowest BCUT2D eigenvalue weighted by Crippen LogP contribution is -2.20. The molecule has 3 aromatic carbocycles. The molecule has 0 aliphatic carbocycles. The smallest absolute Gasteiger partial charge is 0.271 e. The second kappa shape index (κ2) is 8.44. The van der Waals surface area contributed by atoms with Crippen LogP contribution < -0.4 is 5.43 Å². The summed E-state index contributed by atoms with van der Waals surface area (Å²) in [6.07, 6.45) is 3.41. The number of nitrogens with zero attached hydrogens (tertiary/aromatic N) is 1. The fourth-order valence-corrected chi connectivity index (χ4v) is 3.30. The van der Waals surface area contributed by atoms with E-state index in [-0.39, 0.29) is 11.7 Å². The summed E-state index contributed by atoms with van der Waals surface area (Å²) < 4.78 is 0. The molecule has 0 aliphatic rings. The number of H-pyrrole nitrogens is 1. The Morgan fingerprint density at radius 1 is 0.966 bits per heavy atom. The number of aromatic hydroxyl groups is 1. The SMILES string of the molecule is O=C(NN=C(CCc1ccccc1)c1c[nH]c2ccccc12)c1cccc(O)c1. The van der Waals surface area contributed by atoms with Gasteiger partial charge < -0.3 is 10.1 Å². The maximum absolute atomic E-state index is 12.5. The summed E-state index contributed by atoms with van der Waals surface area (Å²) in [5.41, 5.74) is 6.98. The van der Waals surface area contributed by atoms with Crippen LogP contribution in [0.15, 0.2) is 90.2 Å². The molecule has 5 nitrogen and oxygen atoms in total. The highest BCUT2D eigenvalue weighted by Crippen LogP contribution is 2.20. The Hall–Kier alpha value is -3.86. The molecule has 0 radical (unpaired) electrons. The largest absolute Gasteiger partial charge is 0.508 e. The second-order valence-corrected chi connectivity index (χ2v) is 6.78. The van der Waals surface area contributed by atoms with Crippen molar-refractivity contribution < 1.29 is 9.90 Å². The van der Waals surface area contributed by atoms with Crippen LogP contribution in [0.2, 0.25) is 0 Å². The lowest BCUT2D eigenvalue weighted by Gasteiger charge is -2.08. The Morgan fingerprint density at radius 2 is 1.76 bits per heavy atom. The van der Waals surface area contributed by atoms with E-state index in [0.29, 0.717) is 12.0 Å². The number of aromatic nitrogens is 1.